The Labute approximate surface area is 75.1 Å². The first kappa shape index (κ1) is 9.96. The number of nitrogens with two attached hydrogens (primary N) is 1. The molecule has 12 heavy (non-hydrogen) atoms. The molecule has 0 bridgehead atoms. The van der Waals surface area contributed by atoms with E-state index in [1.165, 1.54) is 0 Å². The normalized spacial score (nSPS) is 36.8. The van der Waals surface area contributed by atoms with E-state index in [9.17, 15) is 0 Å². The highest BCUT2D eigenvalue weighted by molar-refractivity contribution is 4.95. The largest absolute Gasteiger partial charge is 0.330 e. The van der Waals surface area contributed by atoms with E-state index >= 15 is 0 Å². The Balaban J connectivity index is 2.42. The predicted octanol–water partition coefficient (Wildman–Crippen LogP) is 0.0653. The van der Waals surface area contributed by atoms with Crippen molar-refractivity contribution >= 4 is 0 Å². The highest BCUT2D eigenvalue weighted by Crippen LogP contribution is 2.18. The Bertz CT molecular complexity index is 138. The van der Waals surface area contributed by atoms with Crippen LogP contribution in [0.3, 0.4) is 0 Å². The minimum absolute atomic E-state index is 0.248. The zero-order valence-corrected chi connectivity index (χ0v) is 8.19. The van der Waals surface area contributed by atoms with Gasteiger partial charge in [-0.3, -0.25) is 0 Å². The standard InChI is InChI=1S/C9H21N3/c1-8-9(2,4-3-5-10)12-7-6-11-8/h8,11-12H,3-7,10H2,1-2H3. The van der Waals surface area contributed by atoms with Crippen molar-refractivity contribution in [1.82, 2.24) is 10.6 Å². The molecule has 1 fully saturated rings. The average Bonchev–Trinajstić information content (AvgIpc) is 2.07. The third kappa shape index (κ3) is 2.19. The fourth-order valence-electron chi connectivity index (χ4n) is 1.79. The van der Waals surface area contributed by atoms with E-state index in [0.717, 1.165) is 32.5 Å². The molecular weight excluding hydrogens is 150 g/mol. The van der Waals surface area contributed by atoms with Crippen molar-refractivity contribution in [3.8, 4) is 0 Å². The fourth-order valence-corrected chi connectivity index (χ4v) is 1.79. The molecule has 0 aliphatic carbocycles. The van der Waals surface area contributed by atoms with E-state index < -0.39 is 0 Å². The summed E-state index contributed by atoms with van der Waals surface area (Å²) in [5.41, 5.74) is 5.75. The first-order valence-electron chi connectivity index (χ1n) is 4.87. The summed E-state index contributed by atoms with van der Waals surface area (Å²) in [6.45, 7) is 7.47. The molecule has 2 atom stereocenters. The van der Waals surface area contributed by atoms with E-state index in [1.807, 2.05) is 0 Å². The Morgan fingerprint density at radius 3 is 2.83 bits per heavy atom. The van der Waals surface area contributed by atoms with Crippen LogP contribution >= 0.6 is 0 Å². The maximum atomic E-state index is 5.50. The zero-order valence-electron chi connectivity index (χ0n) is 8.19. The molecule has 2 unspecified atom stereocenters. The van der Waals surface area contributed by atoms with Crippen molar-refractivity contribution in [2.24, 2.45) is 5.73 Å². The minimum atomic E-state index is 0.248. The van der Waals surface area contributed by atoms with Gasteiger partial charge in [-0.2, -0.15) is 0 Å². The first-order chi connectivity index (χ1) is 5.69. The molecule has 0 aromatic carbocycles. The number of rotatable bonds is 3. The maximum absolute atomic E-state index is 5.50. The minimum Gasteiger partial charge on any atom is -0.330 e. The summed E-state index contributed by atoms with van der Waals surface area (Å²) in [4.78, 5) is 0. The van der Waals surface area contributed by atoms with E-state index in [2.05, 4.69) is 24.5 Å². The second-order valence-electron chi connectivity index (χ2n) is 3.91. The van der Waals surface area contributed by atoms with Gasteiger partial charge in [-0.05, 0) is 33.2 Å². The lowest BCUT2D eigenvalue weighted by Gasteiger charge is -2.41. The van der Waals surface area contributed by atoms with Crippen LogP contribution in [0.15, 0.2) is 0 Å². The lowest BCUT2D eigenvalue weighted by molar-refractivity contribution is 0.211. The summed E-state index contributed by atoms with van der Waals surface area (Å²) < 4.78 is 0. The summed E-state index contributed by atoms with van der Waals surface area (Å²) >= 11 is 0. The second kappa shape index (κ2) is 4.21. The Hall–Kier alpha value is -0.120. The van der Waals surface area contributed by atoms with Gasteiger partial charge in [0.2, 0.25) is 0 Å². The molecular formula is C9H21N3. The lowest BCUT2D eigenvalue weighted by atomic mass is 9.86. The van der Waals surface area contributed by atoms with Crippen LogP contribution in [0.2, 0.25) is 0 Å². The van der Waals surface area contributed by atoms with Crippen molar-refractivity contribution in [3.63, 3.8) is 0 Å². The SMILES string of the molecule is CC1NCCNC1(C)CCCN. The molecule has 1 rings (SSSR count). The van der Waals surface area contributed by atoms with Gasteiger partial charge >= 0.3 is 0 Å². The fraction of sp³-hybridized carbons (Fsp3) is 1.00. The van der Waals surface area contributed by atoms with Crippen LogP contribution in [0.25, 0.3) is 0 Å². The van der Waals surface area contributed by atoms with Gasteiger partial charge in [0.05, 0.1) is 0 Å². The molecule has 0 amide bonds. The molecule has 0 aromatic heterocycles. The van der Waals surface area contributed by atoms with E-state index in [1.54, 1.807) is 0 Å². The second-order valence-corrected chi connectivity index (χ2v) is 3.91. The first-order valence-corrected chi connectivity index (χ1v) is 4.87. The van der Waals surface area contributed by atoms with Gasteiger partial charge in [0.25, 0.3) is 0 Å². The molecule has 3 nitrogen and oxygen atoms in total. The average molecular weight is 171 g/mol. The van der Waals surface area contributed by atoms with Crippen molar-refractivity contribution in [2.45, 2.75) is 38.3 Å². The molecule has 72 valence electrons. The van der Waals surface area contributed by atoms with Crippen LogP contribution in [-0.2, 0) is 0 Å². The molecule has 0 saturated carbocycles. The molecule has 4 N–H and O–H groups in total. The van der Waals surface area contributed by atoms with Gasteiger partial charge in [-0.15, -0.1) is 0 Å². The van der Waals surface area contributed by atoms with Crippen LogP contribution in [0.1, 0.15) is 26.7 Å². The van der Waals surface area contributed by atoms with Crippen LogP contribution in [0.5, 0.6) is 0 Å². The predicted molar refractivity (Wildman–Crippen MR) is 52.2 cm³/mol. The van der Waals surface area contributed by atoms with E-state index in [4.69, 9.17) is 5.73 Å². The summed E-state index contributed by atoms with van der Waals surface area (Å²) in [5, 5.41) is 7.04. The summed E-state index contributed by atoms with van der Waals surface area (Å²) in [6.07, 6.45) is 2.27. The van der Waals surface area contributed by atoms with Gasteiger partial charge in [-0.1, -0.05) is 0 Å². The molecule has 0 aromatic rings. The summed E-state index contributed by atoms with van der Waals surface area (Å²) in [5.74, 6) is 0. The van der Waals surface area contributed by atoms with Gasteiger partial charge < -0.3 is 16.4 Å². The third-order valence-electron chi connectivity index (χ3n) is 2.96. The molecule has 1 saturated heterocycles. The van der Waals surface area contributed by atoms with Crippen LogP contribution in [-0.4, -0.2) is 31.2 Å². The van der Waals surface area contributed by atoms with Crippen LogP contribution in [0, 0.1) is 0 Å². The molecule has 0 spiro atoms. The van der Waals surface area contributed by atoms with Gasteiger partial charge in [-0.25, -0.2) is 0 Å². The Morgan fingerprint density at radius 1 is 1.50 bits per heavy atom. The summed E-state index contributed by atoms with van der Waals surface area (Å²) in [7, 11) is 0. The smallest absolute Gasteiger partial charge is 0.0305 e. The Kier molecular flexibility index (Phi) is 3.50. The van der Waals surface area contributed by atoms with Crippen molar-refractivity contribution in [3.05, 3.63) is 0 Å². The molecule has 1 aliphatic rings. The third-order valence-corrected chi connectivity index (χ3v) is 2.96. The van der Waals surface area contributed by atoms with Gasteiger partial charge in [0.15, 0.2) is 0 Å². The van der Waals surface area contributed by atoms with Crippen molar-refractivity contribution < 1.29 is 0 Å². The topological polar surface area (TPSA) is 50.1 Å². The number of nitrogens with one attached hydrogen (secondary N) is 2. The van der Waals surface area contributed by atoms with Crippen LogP contribution < -0.4 is 16.4 Å². The lowest BCUT2D eigenvalue weighted by Crippen LogP contribution is -2.62. The summed E-state index contributed by atoms with van der Waals surface area (Å²) in [6, 6.07) is 0.554. The highest BCUT2D eigenvalue weighted by Gasteiger charge is 2.31. The molecule has 3 heteroatoms. The van der Waals surface area contributed by atoms with E-state index in [-0.39, 0.29) is 5.54 Å². The quantitative estimate of drug-likeness (QED) is 0.563. The number of piperazine rings is 1. The van der Waals surface area contributed by atoms with Crippen molar-refractivity contribution in [2.75, 3.05) is 19.6 Å². The maximum Gasteiger partial charge on any atom is 0.0305 e. The van der Waals surface area contributed by atoms with Crippen molar-refractivity contribution in [1.29, 1.82) is 0 Å². The monoisotopic (exact) mass is 171 g/mol. The van der Waals surface area contributed by atoms with Gasteiger partial charge in [0.1, 0.15) is 0 Å². The number of hydrogen-bond acceptors (Lipinski definition) is 3. The highest BCUT2D eigenvalue weighted by atomic mass is 15.1. The molecule has 1 aliphatic heterocycles. The molecule has 1 heterocycles. The van der Waals surface area contributed by atoms with Crippen LogP contribution in [0.4, 0.5) is 0 Å². The zero-order chi connectivity index (χ0) is 9.03. The van der Waals surface area contributed by atoms with E-state index in [0.29, 0.717) is 6.04 Å². The Morgan fingerprint density at radius 2 is 2.25 bits per heavy atom. The van der Waals surface area contributed by atoms with Gasteiger partial charge in [0, 0.05) is 24.7 Å². The molecule has 0 radical (unpaired) electrons. The number of hydrogen-bond donors (Lipinski definition) is 3.